The predicted octanol–water partition coefficient (Wildman–Crippen LogP) is 3.77. The number of benzene rings is 1. The highest BCUT2D eigenvalue weighted by Gasteiger charge is 2.38. The van der Waals surface area contributed by atoms with Gasteiger partial charge in [-0.3, -0.25) is 0 Å². The average Bonchev–Trinajstić information content (AvgIpc) is 2.40. The SMILES string of the molecule is FC1CC[C@H]2[C@@H](CCO[C@@H]2Cc2ccccc2)C1. The third-order valence-electron chi connectivity index (χ3n) is 4.56. The molecule has 3 rings (SSSR count). The molecule has 0 aromatic heterocycles. The maximum atomic E-state index is 13.5. The molecule has 1 saturated carbocycles. The second-order valence-corrected chi connectivity index (χ2v) is 5.72. The van der Waals surface area contributed by atoms with Crippen LogP contribution in [0.4, 0.5) is 4.39 Å². The minimum atomic E-state index is -0.568. The van der Waals surface area contributed by atoms with Crippen molar-refractivity contribution in [1.29, 1.82) is 0 Å². The summed E-state index contributed by atoms with van der Waals surface area (Å²) < 4.78 is 19.4. The smallest absolute Gasteiger partial charge is 0.100 e. The Bertz CT molecular complexity index is 378. The van der Waals surface area contributed by atoms with Crippen LogP contribution in [0.5, 0.6) is 0 Å². The Morgan fingerprint density at radius 1 is 1.11 bits per heavy atom. The number of alkyl halides is 1. The zero-order valence-electron chi connectivity index (χ0n) is 10.7. The molecule has 0 bridgehead atoms. The van der Waals surface area contributed by atoms with Gasteiger partial charge >= 0.3 is 0 Å². The van der Waals surface area contributed by atoms with Gasteiger partial charge < -0.3 is 4.74 Å². The van der Waals surface area contributed by atoms with Crippen LogP contribution in [-0.4, -0.2) is 18.9 Å². The van der Waals surface area contributed by atoms with Crippen molar-refractivity contribution in [2.75, 3.05) is 6.61 Å². The monoisotopic (exact) mass is 248 g/mol. The van der Waals surface area contributed by atoms with Gasteiger partial charge in [-0.1, -0.05) is 30.3 Å². The molecule has 1 unspecified atom stereocenters. The van der Waals surface area contributed by atoms with E-state index in [1.807, 2.05) is 6.07 Å². The predicted molar refractivity (Wildman–Crippen MR) is 70.2 cm³/mol. The summed E-state index contributed by atoms with van der Waals surface area (Å²) in [6.07, 6.45) is 4.27. The van der Waals surface area contributed by atoms with Crippen molar-refractivity contribution in [3.63, 3.8) is 0 Å². The van der Waals surface area contributed by atoms with Crippen molar-refractivity contribution in [2.45, 2.75) is 44.4 Å². The molecule has 1 heterocycles. The molecule has 4 atom stereocenters. The molecule has 18 heavy (non-hydrogen) atoms. The van der Waals surface area contributed by atoms with E-state index in [-0.39, 0.29) is 0 Å². The second-order valence-electron chi connectivity index (χ2n) is 5.72. The molecule has 2 heteroatoms. The van der Waals surface area contributed by atoms with E-state index in [4.69, 9.17) is 4.74 Å². The Balaban J connectivity index is 1.68. The van der Waals surface area contributed by atoms with E-state index >= 15 is 0 Å². The standard InChI is InChI=1S/C16H21FO/c17-14-6-7-15-13(11-14)8-9-18-16(15)10-12-4-2-1-3-5-12/h1-5,13-16H,6-11H2/t13-,14?,15-,16+/m0/s1. The topological polar surface area (TPSA) is 9.23 Å². The van der Waals surface area contributed by atoms with Crippen LogP contribution in [-0.2, 0) is 11.2 Å². The van der Waals surface area contributed by atoms with Crippen molar-refractivity contribution in [3.8, 4) is 0 Å². The minimum Gasteiger partial charge on any atom is -0.378 e. The molecule has 1 aliphatic heterocycles. The van der Waals surface area contributed by atoms with Crippen molar-refractivity contribution in [2.24, 2.45) is 11.8 Å². The van der Waals surface area contributed by atoms with Crippen molar-refractivity contribution in [1.82, 2.24) is 0 Å². The number of ether oxygens (including phenoxy) is 1. The third kappa shape index (κ3) is 2.59. The summed E-state index contributed by atoms with van der Waals surface area (Å²) >= 11 is 0. The van der Waals surface area contributed by atoms with Crippen molar-refractivity contribution < 1.29 is 9.13 Å². The minimum absolute atomic E-state index is 0.304. The largest absolute Gasteiger partial charge is 0.378 e. The van der Waals surface area contributed by atoms with Gasteiger partial charge in [0.15, 0.2) is 0 Å². The van der Waals surface area contributed by atoms with Gasteiger partial charge in [-0.25, -0.2) is 4.39 Å². The van der Waals surface area contributed by atoms with E-state index in [1.54, 1.807) is 0 Å². The fourth-order valence-corrected chi connectivity index (χ4v) is 3.60. The summed E-state index contributed by atoms with van der Waals surface area (Å²) in [4.78, 5) is 0. The Kier molecular flexibility index (Phi) is 3.64. The first-order valence-electron chi connectivity index (χ1n) is 7.12. The zero-order valence-corrected chi connectivity index (χ0v) is 10.7. The Morgan fingerprint density at radius 2 is 1.94 bits per heavy atom. The molecule has 98 valence electrons. The van der Waals surface area contributed by atoms with Crippen LogP contribution in [0.2, 0.25) is 0 Å². The van der Waals surface area contributed by atoms with Crippen LogP contribution in [0.1, 0.15) is 31.2 Å². The average molecular weight is 248 g/mol. The van der Waals surface area contributed by atoms with E-state index in [1.165, 1.54) is 5.56 Å². The molecule has 2 aliphatic rings. The highest BCUT2D eigenvalue weighted by molar-refractivity contribution is 5.16. The molecule has 2 fully saturated rings. The molecule has 0 radical (unpaired) electrons. The molecule has 0 amide bonds. The van der Waals surface area contributed by atoms with Crippen molar-refractivity contribution >= 4 is 0 Å². The van der Waals surface area contributed by atoms with Gasteiger partial charge in [0.2, 0.25) is 0 Å². The normalized spacial score (nSPS) is 36.1. The molecule has 1 saturated heterocycles. The first-order chi connectivity index (χ1) is 8.83. The first-order valence-corrected chi connectivity index (χ1v) is 7.12. The Labute approximate surface area is 108 Å². The van der Waals surface area contributed by atoms with Gasteiger partial charge in [0, 0.05) is 6.61 Å². The molecular weight excluding hydrogens is 227 g/mol. The maximum Gasteiger partial charge on any atom is 0.100 e. The molecule has 1 aromatic rings. The lowest BCUT2D eigenvalue weighted by atomic mass is 9.71. The lowest BCUT2D eigenvalue weighted by molar-refractivity contribution is -0.0798. The van der Waals surface area contributed by atoms with Crippen LogP contribution in [0.3, 0.4) is 0 Å². The zero-order chi connectivity index (χ0) is 12.4. The number of hydrogen-bond acceptors (Lipinski definition) is 1. The van der Waals surface area contributed by atoms with Gasteiger partial charge in [-0.05, 0) is 49.5 Å². The van der Waals surface area contributed by atoms with Crippen LogP contribution in [0.15, 0.2) is 30.3 Å². The van der Waals surface area contributed by atoms with Gasteiger partial charge in [-0.2, -0.15) is 0 Å². The highest BCUT2D eigenvalue weighted by atomic mass is 19.1. The Hall–Kier alpha value is -0.890. The summed E-state index contributed by atoms with van der Waals surface area (Å²) in [5.41, 5.74) is 1.34. The van der Waals surface area contributed by atoms with E-state index in [0.717, 1.165) is 38.7 Å². The molecule has 1 nitrogen and oxygen atoms in total. The third-order valence-corrected chi connectivity index (χ3v) is 4.56. The lowest BCUT2D eigenvalue weighted by Gasteiger charge is -2.42. The number of halogens is 1. The van der Waals surface area contributed by atoms with Crippen molar-refractivity contribution in [3.05, 3.63) is 35.9 Å². The summed E-state index contributed by atoms with van der Waals surface area (Å²) in [6.45, 7) is 0.811. The van der Waals surface area contributed by atoms with Crippen LogP contribution < -0.4 is 0 Å². The molecule has 0 N–H and O–H groups in total. The molecule has 0 spiro atoms. The van der Waals surface area contributed by atoms with Crippen LogP contribution in [0.25, 0.3) is 0 Å². The fourth-order valence-electron chi connectivity index (χ4n) is 3.60. The number of fused-ring (bicyclic) bond motifs is 1. The number of hydrogen-bond donors (Lipinski definition) is 0. The highest BCUT2D eigenvalue weighted by Crippen LogP contribution is 2.40. The first kappa shape index (κ1) is 12.2. The van der Waals surface area contributed by atoms with Crippen LogP contribution >= 0.6 is 0 Å². The van der Waals surface area contributed by atoms with Gasteiger partial charge in [-0.15, -0.1) is 0 Å². The Morgan fingerprint density at radius 3 is 2.78 bits per heavy atom. The van der Waals surface area contributed by atoms with Gasteiger partial charge in [0.25, 0.3) is 0 Å². The fraction of sp³-hybridized carbons (Fsp3) is 0.625. The molecule has 1 aromatic carbocycles. The number of rotatable bonds is 2. The van der Waals surface area contributed by atoms with E-state index < -0.39 is 6.17 Å². The van der Waals surface area contributed by atoms with Gasteiger partial charge in [0.1, 0.15) is 6.17 Å². The summed E-state index contributed by atoms with van der Waals surface area (Å²) in [5.74, 6) is 1.13. The summed E-state index contributed by atoms with van der Waals surface area (Å²) in [6, 6.07) is 10.5. The van der Waals surface area contributed by atoms with E-state index in [0.29, 0.717) is 17.9 Å². The quantitative estimate of drug-likeness (QED) is 0.774. The van der Waals surface area contributed by atoms with Crippen LogP contribution in [0, 0.1) is 11.8 Å². The lowest BCUT2D eigenvalue weighted by Crippen LogP contribution is -2.41. The van der Waals surface area contributed by atoms with Gasteiger partial charge in [0.05, 0.1) is 6.10 Å². The van der Waals surface area contributed by atoms with E-state index in [2.05, 4.69) is 24.3 Å². The summed E-state index contributed by atoms with van der Waals surface area (Å²) in [7, 11) is 0. The second kappa shape index (κ2) is 5.40. The molecule has 1 aliphatic carbocycles. The summed E-state index contributed by atoms with van der Waals surface area (Å²) in [5, 5.41) is 0. The maximum absolute atomic E-state index is 13.5. The van der Waals surface area contributed by atoms with E-state index in [9.17, 15) is 4.39 Å². The molecular formula is C16H21FO.